The number of piperidine rings is 1. The van der Waals surface area contributed by atoms with Crippen LogP contribution in [-0.4, -0.2) is 58.9 Å². The van der Waals surface area contributed by atoms with E-state index < -0.39 is 18.1 Å². The molecule has 2 heterocycles. The number of carbonyl (C=O) groups is 4. The summed E-state index contributed by atoms with van der Waals surface area (Å²) < 4.78 is 5.86. The third-order valence-corrected chi connectivity index (χ3v) is 6.71. The fourth-order valence-electron chi connectivity index (χ4n) is 4.67. The number of imide groups is 1. The van der Waals surface area contributed by atoms with Crippen molar-refractivity contribution in [2.24, 2.45) is 0 Å². The highest BCUT2D eigenvalue weighted by Gasteiger charge is 2.39. The number of hydrogen-bond donors (Lipinski definition) is 3. The molecule has 2 aliphatic heterocycles. The normalized spacial score (nSPS) is 17.8. The molecular formula is C28H33N3O6. The van der Waals surface area contributed by atoms with Gasteiger partial charge in [-0.3, -0.25) is 24.5 Å². The first-order valence-electron chi connectivity index (χ1n) is 12.8. The Morgan fingerprint density at radius 1 is 1.08 bits per heavy atom. The molecule has 2 aromatic rings. The molecule has 0 saturated carbocycles. The molecule has 37 heavy (non-hydrogen) atoms. The van der Waals surface area contributed by atoms with E-state index in [-0.39, 0.29) is 24.1 Å². The van der Waals surface area contributed by atoms with Gasteiger partial charge >= 0.3 is 0 Å². The molecule has 0 aromatic heterocycles. The van der Waals surface area contributed by atoms with Crippen molar-refractivity contribution < 1.29 is 29.0 Å². The fourth-order valence-corrected chi connectivity index (χ4v) is 4.67. The smallest absolute Gasteiger partial charge is 0.255 e. The molecule has 9 nitrogen and oxygen atoms in total. The molecule has 9 heteroatoms. The summed E-state index contributed by atoms with van der Waals surface area (Å²) in [6.07, 6.45) is 3.36. The monoisotopic (exact) mass is 507 g/mol. The summed E-state index contributed by atoms with van der Waals surface area (Å²) in [5, 5.41) is 15.1. The largest absolute Gasteiger partial charge is 0.494 e. The van der Waals surface area contributed by atoms with E-state index in [1.807, 2.05) is 36.4 Å². The Morgan fingerprint density at radius 3 is 2.65 bits per heavy atom. The van der Waals surface area contributed by atoms with Crippen LogP contribution >= 0.6 is 0 Å². The first-order valence-corrected chi connectivity index (χ1v) is 12.8. The molecule has 1 fully saturated rings. The third-order valence-electron chi connectivity index (χ3n) is 6.71. The van der Waals surface area contributed by atoms with Crippen LogP contribution in [0.1, 0.15) is 60.0 Å². The number of nitrogens with one attached hydrogen (secondary N) is 2. The number of benzene rings is 2. The lowest BCUT2D eigenvalue weighted by atomic mass is 10.0. The highest BCUT2D eigenvalue weighted by atomic mass is 16.5. The highest BCUT2D eigenvalue weighted by Crippen LogP contribution is 2.30. The molecule has 0 radical (unpaired) electrons. The van der Waals surface area contributed by atoms with Crippen molar-refractivity contribution in [1.29, 1.82) is 0 Å². The Balaban J connectivity index is 1.11. The number of hydrogen-bond acceptors (Lipinski definition) is 6. The molecule has 0 bridgehead atoms. The molecule has 196 valence electrons. The number of aliphatic hydroxyl groups excluding tert-OH is 1. The zero-order valence-corrected chi connectivity index (χ0v) is 20.8. The van der Waals surface area contributed by atoms with E-state index in [4.69, 9.17) is 4.74 Å². The Hall–Kier alpha value is -3.72. The Kier molecular flexibility index (Phi) is 8.90. The van der Waals surface area contributed by atoms with E-state index in [1.165, 1.54) is 4.90 Å². The number of ether oxygens (including phenoxy) is 1. The minimum absolute atomic E-state index is 0.198. The second kappa shape index (κ2) is 12.5. The van der Waals surface area contributed by atoms with Crippen molar-refractivity contribution in [3.05, 3.63) is 65.2 Å². The zero-order valence-electron chi connectivity index (χ0n) is 20.8. The van der Waals surface area contributed by atoms with E-state index >= 15 is 0 Å². The van der Waals surface area contributed by atoms with Gasteiger partial charge in [-0.1, -0.05) is 43.2 Å². The lowest BCUT2D eigenvalue weighted by Gasteiger charge is -2.29. The summed E-state index contributed by atoms with van der Waals surface area (Å²) in [5.41, 5.74) is 2.30. The predicted molar refractivity (Wildman–Crippen MR) is 136 cm³/mol. The van der Waals surface area contributed by atoms with Gasteiger partial charge in [-0.2, -0.15) is 0 Å². The van der Waals surface area contributed by atoms with Crippen LogP contribution in [0.5, 0.6) is 5.75 Å². The van der Waals surface area contributed by atoms with Gasteiger partial charge in [0.05, 0.1) is 6.61 Å². The molecule has 3 N–H and O–H groups in total. The lowest BCUT2D eigenvalue weighted by molar-refractivity contribution is -0.137. The van der Waals surface area contributed by atoms with E-state index in [2.05, 4.69) is 10.6 Å². The average Bonchev–Trinajstić information content (AvgIpc) is 3.21. The van der Waals surface area contributed by atoms with Crippen LogP contribution in [0, 0.1) is 0 Å². The van der Waals surface area contributed by atoms with Gasteiger partial charge in [0.25, 0.3) is 5.91 Å². The first-order chi connectivity index (χ1) is 17.9. The van der Waals surface area contributed by atoms with Gasteiger partial charge in [0, 0.05) is 31.5 Å². The molecule has 4 rings (SSSR count). The number of nitrogens with zero attached hydrogens (tertiary/aromatic N) is 1. The van der Waals surface area contributed by atoms with Crippen molar-refractivity contribution in [1.82, 2.24) is 15.5 Å². The van der Waals surface area contributed by atoms with Crippen molar-refractivity contribution in [3.8, 4) is 5.75 Å². The van der Waals surface area contributed by atoms with Crippen LogP contribution in [-0.2, 0) is 27.3 Å². The second-order valence-corrected chi connectivity index (χ2v) is 9.48. The molecule has 2 atom stereocenters. The van der Waals surface area contributed by atoms with Gasteiger partial charge in [0.15, 0.2) is 0 Å². The SMILES string of the molecule is O=C1CCC(N2Cc3cc(OCCCCCCNC(=O)C(O)Cc4ccccc4)ccc3C2=O)C(=O)N1. The number of aliphatic hydroxyl groups is 1. The van der Waals surface area contributed by atoms with Crippen LogP contribution in [0.25, 0.3) is 0 Å². The Labute approximate surface area is 216 Å². The molecule has 0 aliphatic carbocycles. The van der Waals surface area contributed by atoms with Crippen LogP contribution in [0.4, 0.5) is 0 Å². The van der Waals surface area contributed by atoms with Gasteiger partial charge in [-0.05, 0) is 48.6 Å². The van der Waals surface area contributed by atoms with Gasteiger partial charge < -0.3 is 20.1 Å². The number of rotatable bonds is 12. The highest BCUT2D eigenvalue weighted by molar-refractivity contribution is 6.05. The summed E-state index contributed by atoms with van der Waals surface area (Å²) in [7, 11) is 0. The van der Waals surface area contributed by atoms with Crippen molar-refractivity contribution in [2.45, 2.75) is 63.6 Å². The molecule has 2 aromatic carbocycles. The summed E-state index contributed by atoms with van der Waals surface area (Å²) in [6, 6.07) is 14.1. The maximum atomic E-state index is 12.8. The Morgan fingerprint density at radius 2 is 1.86 bits per heavy atom. The van der Waals surface area contributed by atoms with Crippen LogP contribution in [0.2, 0.25) is 0 Å². The fraction of sp³-hybridized carbons (Fsp3) is 0.429. The molecule has 1 saturated heterocycles. The molecular weight excluding hydrogens is 474 g/mol. The van der Waals surface area contributed by atoms with Gasteiger partial charge in [-0.15, -0.1) is 0 Å². The van der Waals surface area contributed by atoms with Gasteiger partial charge in [0.2, 0.25) is 17.7 Å². The number of unbranched alkanes of at least 4 members (excludes halogenated alkanes) is 3. The minimum atomic E-state index is -1.05. The number of fused-ring (bicyclic) bond motifs is 1. The summed E-state index contributed by atoms with van der Waals surface area (Å²) in [5.74, 6) is -0.592. The van der Waals surface area contributed by atoms with Gasteiger partial charge in [-0.25, -0.2) is 0 Å². The summed E-state index contributed by atoms with van der Waals surface area (Å²) >= 11 is 0. The number of carbonyl (C=O) groups excluding carboxylic acids is 4. The predicted octanol–water partition coefficient (Wildman–Crippen LogP) is 2.11. The quantitative estimate of drug-likeness (QED) is 0.299. The van der Waals surface area contributed by atoms with E-state index in [1.54, 1.807) is 12.1 Å². The molecule has 4 amide bonds. The average molecular weight is 508 g/mol. The van der Waals surface area contributed by atoms with Crippen molar-refractivity contribution in [3.63, 3.8) is 0 Å². The van der Waals surface area contributed by atoms with Crippen molar-refractivity contribution in [2.75, 3.05) is 13.2 Å². The maximum absolute atomic E-state index is 12.8. The van der Waals surface area contributed by atoms with E-state index in [9.17, 15) is 24.3 Å². The van der Waals surface area contributed by atoms with Crippen LogP contribution in [0.3, 0.4) is 0 Å². The van der Waals surface area contributed by atoms with Gasteiger partial charge in [0.1, 0.15) is 17.9 Å². The van der Waals surface area contributed by atoms with E-state index in [0.717, 1.165) is 36.8 Å². The topological polar surface area (TPSA) is 125 Å². The molecule has 0 spiro atoms. The maximum Gasteiger partial charge on any atom is 0.255 e. The van der Waals surface area contributed by atoms with Crippen LogP contribution < -0.4 is 15.4 Å². The second-order valence-electron chi connectivity index (χ2n) is 9.48. The molecule has 2 unspecified atom stereocenters. The van der Waals surface area contributed by atoms with Crippen LogP contribution in [0.15, 0.2) is 48.5 Å². The Bertz CT molecular complexity index is 1140. The lowest BCUT2D eigenvalue weighted by Crippen LogP contribution is -2.52. The summed E-state index contributed by atoms with van der Waals surface area (Å²) in [6.45, 7) is 1.38. The first kappa shape index (κ1) is 26.3. The van der Waals surface area contributed by atoms with E-state index in [0.29, 0.717) is 43.9 Å². The van der Waals surface area contributed by atoms with Crippen molar-refractivity contribution >= 4 is 23.6 Å². The molecule has 2 aliphatic rings. The minimum Gasteiger partial charge on any atom is -0.494 e. The standard InChI is InChI=1S/C28H33N3O6/c32-24(16-19-8-4-3-5-9-19)27(35)29-14-6-1-2-7-15-37-21-10-11-22-20(17-21)18-31(28(22)36)23-12-13-25(33)30-26(23)34/h3-5,8-11,17,23-24,32H,1-2,6-7,12-16,18H2,(H,29,35)(H,30,33,34). The third kappa shape index (κ3) is 6.95. The zero-order chi connectivity index (χ0) is 26.2. The number of amides is 4. The summed E-state index contributed by atoms with van der Waals surface area (Å²) in [4.78, 5) is 49.9.